The molecule has 0 amide bonds. The number of hydrogen-bond donors (Lipinski definition) is 2. The SMILES string of the molecule is OOOSC1CCCNC1. The maximum absolute atomic E-state index is 7.83. The molecule has 1 rings (SSSR count). The van der Waals surface area contributed by atoms with Crippen LogP contribution in [-0.2, 0) is 9.37 Å². The van der Waals surface area contributed by atoms with E-state index >= 15 is 0 Å². The molecule has 0 aromatic carbocycles. The van der Waals surface area contributed by atoms with Crippen molar-refractivity contribution in [3.8, 4) is 0 Å². The van der Waals surface area contributed by atoms with Crippen LogP contribution in [0.2, 0.25) is 0 Å². The Hall–Kier alpha value is 0.190. The van der Waals surface area contributed by atoms with Gasteiger partial charge in [-0.25, -0.2) is 5.26 Å². The third-order valence-electron chi connectivity index (χ3n) is 1.46. The van der Waals surface area contributed by atoms with E-state index in [4.69, 9.17) is 5.26 Å². The molecule has 0 aromatic rings. The molecule has 1 heterocycles. The van der Waals surface area contributed by atoms with Crippen LogP contribution in [0.5, 0.6) is 0 Å². The predicted molar refractivity (Wildman–Crippen MR) is 38.3 cm³/mol. The first kappa shape index (κ1) is 8.29. The molecule has 1 saturated heterocycles. The van der Waals surface area contributed by atoms with Gasteiger partial charge in [-0.2, -0.15) is 0 Å². The first-order valence-corrected chi connectivity index (χ1v) is 4.08. The average Bonchev–Trinajstić information content (AvgIpc) is 2.03. The molecule has 0 bridgehead atoms. The summed E-state index contributed by atoms with van der Waals surface area (Å²) in [5, 5.41) is 14.9. The van der Waals surface area contributed by atoms with Gasteiger partial charge in [0, 0.05) is 23.8 Å². The maximum Gasteiger partial charge on any atom is 0.0469 e. The van der Waals surface area contributed by atoms with Crippen molar-refractivity contribution in [2.45, 2.75) is 18.1 Å². The number of rotatable bonds is 3. The smallest absolute Gasteiger partial charge is 0.0469 e. The molecular weight excluding hydrogens is 154 g/mol. The number of hydrogen-bond acceptors (Lipinski definition) is 5. The molecule has 60 valence electrons. The monoisotopic (exact) mass is 165 g/mol. The van der Waals surface area contributed by atoms with Crippen LogP contribution in [0.1, 0.15) is 12.8 Å². The second kappa shape index (κ2) is 4.92. The summed E-state index contributed by atoms with van der Waals surface area (Å²) in [6, 6.07) is 0. The predicted octanol–water partition coefficient (Wildman–Crippen LogP) is 0.808. The van der Waals surface area contributed by atoms with Crippen LogP contribution < -0.4 is 5.32 Å². The van der Waals surface area contributed by atoms with Gasteiger partial charge in [0.2, 0.25) is 0 Å². The summed E-state index contributed by atoms with van der Waals surface area (Å²) < 4.78 is 4.31. The van der Waals surface area contributed by atoms with Crippen LogP contribution in [0, 0.1) is 0 Å². The van der Waals surface area contributed by atoms with Crippen molar-refractivity contribution >= 4 is 12.0 Å². The van der Waals surface area contributed by atoms with E-state index < -0.39 is 0 Å². The Bertz CT molecular complexity index is 87.0. The van der Waals surface area contributed by atoms with Crippen molar-refractivity contribution in [1.29, 1.82) is 0 Å². The number of piperidine rings is 1. The van der Waals surface area contributed by atoms with Gasteiger partial charge in [-0.3, -0.25) is 0 Å². The lowest BCUT2D eigenvalue weighted by atomic mass is 10.2. The molecule has 0 aromatic heterocycles. The van der Waals surface area contributed by atoms with Crippen LogP contribution in [0.4, 0.5) is 0 Å². The lowest BCUT2D eigenvalue weighted by molar-refractivity contribution is -0.432. The van der Waals surface area contributed by atoms with Gasteiger partial charge >= 0.3 is 0 Å². The lowest BCUT2D eigenvalue weighted by Gasteiger charge is -2.19. The van der Waals surface area contributed by atoms with Crippen molar-refractivity contribution in [3.05, 3.63) is 0 Å². The largest absolute Gasteiger partial charge is 0.316 e. The van der Waals surface area contributed by atoms with Gasteiger partial charge in [-0.1, -0.05) is 5.04 Å². The standard InChI is InChI=1S/C5H11NO3S/c7-8-9-10-5-2-1-3-6-4-5/h5-7H,1-4H2. The first-order chi connectivity index (χ1) is 4.93. The zero-order valence-corrected chi connectivity index (χ0v) is 6.39. The van der Waals surface area contributed by atoms with Gasteiger partial charge < -0.3 is 5.32 Å². The molecule has 1 aliphatic heterocycles. The topological polar surface area (TPSA) is 50.7 Å². The molecule has 1 atom stereocenters. The number of nitrogens with one attached hydrogen (secondary N) is 1. The van der Waals surface area contributed by atoms with E-state index in [1.807, 2.05) is 0 Å². The Kier molecular flexibility index (Phi) is 4.08. The highest BCUT2D eigenvalue weighted by molar-refractivity contribution is 7.95. The Labute approximate surface area is 64.0 Å². The molecule has 4 nitrogen and oxygen atoms in total. The van der Waals surface area contributed by atoms with Crippen LogP contribution in [0.15, 0.2) is 0 Å². The maximum atomic E-state index is 7.83. The van der Waals surface area contributed by atoms with E-state index in [2.05, 4.69) is 14.7 Å². The molecule has 2 N–H and O–H groups in total. The summed E-state index contributed by atoms with van der Waals surface area (Å²) in [4.78, 5) is 0. The second-order valence-corrected chi connectivity index (χ2v) is 3.20. The van der Waals surface area contributed by atoms with Crippen molar-refractivity contribution in [3.63, 3.8) is 0 Å². The van der Waals surface area contributed by atoms with Crippen LogP contribution in [0.25, 0.3) is 0 Å². The van der Waals surface area contributed by atoms with Crippen LogP contribution >= 0.6 is 12.0 Å². The molecule has 1 aliphatic rings. The van der Waals surface area contributed by atoms with Gasteiger partial charge in [0.05, 0.1) is 0 Å². The van der Waals surface area contributed by atoms with E-state index in [9.17, 15) is 0 Å². The highest BCUT2D eigenvalue weighted by Gasteiger charge is 2.14. The molecule has 1 unspecified atom stereocenters. The van der Waals surface area contributed by atoms with E-state index in [1.165, 1.54) is 0 Å². The highest BCUT2D eigenvalue weighted by atomic mass is 32.2. The summed E-state index contributed by atoms with van der Waals surface area (Å²) in [6.45, 7) is 2.01. The molecule has 10 heavy (non-hydrogen) atoms. The summed E-state index contributed by atoms with van der Waals surface area (Å²) >= 11 is 1.16. The zero-order chi connectivity index (χ0) is 7.23. The minimum absolute atomic E-state index is 0.404. The quantitative estimate of drug-likeness (QED) is 0.368. The molecule has 0 spiro atoms. The fourth-order valence-corrected chi connectivity index (χ4v) is 1.57. The van der Waals surface area contributed by atoms with Gasteiger partial charge in [0.15, 0.2) is 0 Å². The first-order valence-electron chi connectivity index (χ1n) is 3.28. The van der Waals surface area contributed by atoms with Crippen molar-refractivity contribution in [2.24, 2.45) is 0 Å². The average molecular weight is 165 g/mol. The van der Waals surface area contributed by atoms with Crippen LogP contribution in [0.3, 0.4) is 0 Å². The fourth-order valence-electron chi connectivity index (χ4n) is 0.975. The summed E-state index contributed by atoms with van der Waals surface area (Å²) in [7, 11) is 0. The van der Waals surface area contributed by atoms with Crippen molar-refractivity contribution < 1.29 is 14.6 Å². The Morgan fingerprint density at radius 1 is 1.60 bits per heavy atom. The van der Waals surface area contributed by atoms with Crippen molar-refractivity contribution in [2.75, 3.05) is 13.1 Å². The van der Waals surface area contributed by atoms with Gasteiger partial charge in [-0.05, 0) is 19.4 Å². The molecule has 5 heteroatoms. The zero-order valence-electron chi connectivity index (χ0n) is 5.58. The summed E-state index contributed by atoms with van der Waals surface area (Å²) in [5.41, 5.74) is 0. The minimum atomic E-state index is 0.404. The highest BCUT2D eigenvalue weighted by Crippen LogP contribution is 2.18. The van der Waals surface area contributed by atoms with E-state index in [0.717, 1.165) is 38.0 Å². The molecule has 0 aliphatic carbocycles. The normalized spacial score (nSPS) is 26.7. The van der Waals surface area contributed by atoms with Gasteiger partial charge in [-0.15, -0.1) is 4.33 Å². The lowest BCUT2D eigenvalue weighted by Crippen LogP contribution is -2.31. The van der Waals surface area contributed by atoms with E-state index in [1.54, 1.807) is 0 Å². The van der Waals surface area contributed by atoms with Crippen LogP contribution in [-0.4, -0.2) is 23.6 Å². The third-order valence-corrected chi connectivity index (χ3v) is 2.27. The fraction of sp³-hybridized carbons (Fsp3) is 1.00. The molecular formula is C5H11NO3S. The molecule has 1 fully saturated rings. The van der Waals surface area contributed by atoms with E-state index in [-0.39, 0.29) is 0 Å². The van der Waals surface area contributed by atoms with E-state index in [0.29, 0.717) is 5.25 Å². The Morgan fingerprint density at radius 2 is 2.50 bits per heavy atom. The summed E-state index contributed by atoms with van der Waals surface area (Å²) in [5.74, 6) is 0. The van der Waals surface area contributed by atoms with Gasteiger partial charge in [0.1, 0.15) is 0 Å². The van der Waals surface area contributed by atoms with Crippen molar-refractivity contribution in [1.82, 2.24) is 5.32 Å². The molecule has 0 radical (unpaired) electrons. The second-order valence-electron chi connectivity index (χ2n) is 2.21. The Balaban J connectivity index is 2.02. The molecule has 0 saturated carbocycles. The van der Waals surface area contributed by atoms with Gasteiger partial charge in [0.25, 0.3) is 0 Å². The minimum Gasteiger partial charge on any atom is -0.316 e. The third kappa shape index (κ3) is 2.85. The summed E-state index contributed by atoms with van der Waals surface area (Å²) in [6.07, 6.45) is 2.27. The Morgan fingerprint density at radius 3 is 3.10 bits per heavy atom.